The van der Waals surface area contributed by atoms with Crippen molar-refractivity contribution in [3.05, 3.63) is 0 Å². The zero-order valence-corrected chi connectivity index (χ0v) is 5.47. The van der Waals surface area contributed by atoms with Crippen LogP contribution in [0.3, 0.4) is 0 Å². The van der Waals surface area contributed by atoms with Crippen molar-refractivity contribution in [2.24, 2.45) is 11.7 Å². The largest absolute Gasteiger partial charge is 0.327 e. The molecule has 2 nitrogen and oxygen atoms in total. The first-order chi connectivity index (χ1) is 4.34. The number of hydrogen-bond acceptors (Lipinski definition) is 2. The van der Waals surface area contributed by atoms with Crippen LogP contribution >= 0.6 is 0 Å². The second kappa shape index (κ2) is 2.97. The highest BCUT2D eigenvalue weighted by atomic mass is 16.1. The molecule has 2 N–H and O–H groups in total. The van der Waals surface area contributed by atoms with Crippen molar-refractivity contribution < 1.29 is 4.79 Å². The summed E-state index contributed by atoms with van der Waals surface area (Å²) in [5.41, 5.74) is 5.63. The van der Waals surface area contributed by atoms with Gasteiger partial charge in [0.15, 0.2) is 0 Å². The molecule has 0 aliphatic heterocycles. The van der Waals surface area contributed by atoms with E-state index in [4.69, 9.17) is 5.73 Å². The predicted molar refractivity (Wildman–Crippen MR) is 35.6 cm³/mol. The van der Waals surface area contributed by atoms with Gasteiger partial charge in [-0.05, 0) is 12.8 Å². The lowest BCUT2D eigenvalue weighted by Gasteiger charge is -2.22. The molecule has 0 aromatic heterocycles. The van der Waals surface area contributed by atoms with E-state index in [9.17, 15) is 4.79 Å². The predicted octanol–water partition coefficient (Wildman–Crippen LogP) is 0.614. The maximum atomic E-state index is 10.2. The van der Waals surface area contributed by atoms with Crippen LogP contribution in [0.4, 0.5) is 0 Å². The fourth-order valence-corrected chi connectivity index (χ4v) is 1.31. The average molecular weight is 126 g/mol. The molecule has 1 aliphatic carbocycles. The highest BCUT2D eigenvalue weighted by Gasteiger charge is 2.21. The maximum absolute atomic E-state index is 10.2. The number of hydrogen-bond donors (Lipinski definition) is 1. The molecule has 1 rings (SSSR count). The van der Waals surface area contributed by atoms with Gasteiger partial charge in [0, 0.05) is 12.0 Å². The van der Waals surface area contributed by atoms with Crippen LogP contribution in [0.2, 0.25) is 0 Å². The first kappa shape index (κ1) is 6.75. The van der Waals surface area contributed by atoms with E-state index in [-0.39, 0.29) is 12.0 Å². The average Bonchev–Trinajstić information content (AvgIpc) is 1.89. The number of nitrogens with two attached hydrogens (primary N) is 1. The summed E-state index contributed by atoms with van der Waals surface area (Å²) in [6, 6.07) is 0.0937. The highest BCUT2D eigenvalue weighted by molar-refractivity contribution is 5.55. The summed E-state index contributed by atoms with van der Waals surface area (Å²) in [6.45, 7) is 0. The summed E-state index contributed by atoms with van der Waals surface area (Å²) in [6.07, 6.45) is 6.25. The second-order valence-electron chi connectivity index (χ2n) is 2.67. The van der Waals surface area contributed by atoms with Crippen molar-refractivity contribution in [1.29, 1.82) is 0 Å². The molecule has 1 saturated carbocycles. The van der Waals surface area contributed by atoms with Gasteiger partial charge in [-0.15, -0.1) is 0 Å². The molecule has 2 atom stereocenters. The third kappa shape index (κ3) is 1.52. The molecule has 0 aromatic carbocycles. The molecule has 0 aromatic rings. The van der Waals surface area contributed by atoms with Crippen LogP contribution in [0.1, 0.15) is 25.7 Å². The van der Waals surface area contributed by atoms with Crippen LogP contribution in [0, 0.1) is 5.92 Å². The topological polar surface area (TPSA) is 43.1 Å². The minimum atomic E-state index is 0.0266. The van der Waals surface area contributed by atoms with Gasteiger partial charge in [-0.1, -0.05) is 12.8 Å². The molecule has 0 bridgehead atoms. The minimum absolute atomic E-state index is 0.0266. The Bertz CT molecular complexity index is 103. The molecular weight excluding hydrogens is 114 g/mol. The fourth-order valence-electron chi connectivity index (χ4n) is 1.31. The van der Waals surface area contributed by atoms with Crippen molar-refractivity contribution >= 4 is 6.29 Å². The fraction of sp³-hybridized carbons (Fsp3) is 0.857. The van der Waals surface area contributed by atoms with E-state index >= 15 is 0 Å². The van der Waals surface area contributed by atoms with Crippen molar-refractivity contribution in [3.8, 4) is 0 Å². The number of carbonyl (C=O) groups excluding carboxylic acids is 1. The highest BCUT2D eigenvalue weighted by Crippen LogP contribution is 2.20. The SMILES string of the molecule is NC1CCCCC1[C]=O. The van der Waals surface area contributed by atoms with Gasteiger partial charge in [-0.25, -0.2) is 0 Å². The Hall–Kier alpha value is -0.370. The molecule has 9 heavy (non-hydrogen) atoms. The zero-order chi connectivity index (χ0) is 6.69. The zero-order valence-electron chi connectivity index (χ0n) is 5.47. The van der Waals surface area contributed by atoms with Crippen molar-refractivity contribution in [3.63, 3.8) is 0 Å². The summed E-state index contributed by atoms with van der Waals surface area (Å²) in [5, 5.41) is 0. The van der Waals surface area contributed by atoms with E-state index in [1.165, 1.54) is 6.42 Å². The lowest BCUT2D eigenvalue weighted by Crippen LogP contribution is -2.33. The molecule has 1 radical (unpaired) electrons. The lowest BCUT2D eigenvalue weighted by molar-refractivity contribution is 0.365. The first-order valence-corrected chi connectivity index (χ1v) is 3.48. The Morgan fingerprint density at radius 3 is 2.44 bits per heavy atom. The van der Waals surface area contributed by atoms with Gasteiger partial charge in [-0.2, -0.15) is 0 Å². The monoisotopic (exact) mass is 126 g/mol. The molecular formula is C7H12NO. The van der Waals surface area contributed by atoms with Gasteiger partial charge in [-0.3, -0.25) is 4.79 Å². The van der Waals surface area contributed by atoms with Crippen LogP contribution in [-0.2, 0) is 4.79 Å². The van der Waals surface area contributed by atoms with Crippen LogP contribution < -0.4 is 5.73 Å². The lowest BCUT2D eigenvalue weighted by atomic mass is 9.86. The maximum Gasteiger partial charge on any atom is 0.203 e. The Morgan fingerprint density at radius 1 is 1.33 bits per heavy atom. The Morgan fingerprint density at radius 2 is 2.00 bits per heavy atom. The van der Waals surface area contributed by atoms with Crippen LogP contribution in [0.25, 0.3) is 0 Å². The molecule has 0 spiro atoms. The van der Waals surface area contributed by atoms with Gasteiger partial charge in [0.25, 0.3) is 0 Å². The van der Waals surface area contributed by atoms with E-state index in [2.05, 4.69) is 0 Å². The molecule has 1 fully saturated rings. The number of rotatable bonds is 1. The molecule has 1 aliphatic rings. The molecule has 51 valence electrons. The van der Waals surface area contributed by atoms with Gasteiger partial charge in [0.1, 0.15) is 0 Å². The third-order valence-electron chi connectivity index (χ3n) is 1.97. The quantitative estimate of drug-likeness (QED) is 0.559. The minimum Gasteiger partial charge on any atom is -0.327 e. The second-order valence-corrected chi connectivity index (χ2v) is 2.67. The molecule has 2 unspecified atom stereocenters. The summed E-state index contributed by atoms with van der Waals surface area (Å²) in [4.78, 5) is 10.2. The van der Waals surface area contributed by atoms with E-state index in [1.54, 1.807) is 0 Å². The summed E-state index contributed by atoms with van der Waals surface area (Å²) in [5.74, 6) is 0.0266. The molecule has 2 heteroatoms. The summed E-state index contributed by atoms with van der Waals surface area (Å²) in [7, 11) is 0. The van der Waals surface area contributed by atoms with Crippen LogP contribution in [-0.4, -0.2) is 12.3 Å². The van der Waals surface area contributed by atoms with Gasteiger partial charge in [0.05, 0.1) is 0 Å². The molecule has 0 heterocycles. The van der Waals surface area contributed by atoms with Crippen LogP contribution in [0.15, 0.2) is 0 Å². The van der Waals surface area contributed by atoms with Gasteiger partial charge in [0.2, 0.25) is 6.29 Å². The van der Waals surface area contributed by atoms with Gasteiger partial charge >= 0.3 is 0 Å². The van der Waals surface area contributed by atoms with Crippen molar-refractivity contribution in [1.82, 2.24) is 0 Å². The normalized spacial score (nSPS) is 36.1. The first-order valence-electron chi connectivity index (χ1n) is 3.48. The standard InChI is InChI=1S/C7H12NO/c8-7-4-2-1-3-6(7)5-9/h6-7H,1-4,8H2. The summed E-state index contributed by atoms with van der Waals surface area (Å²) < 4.78 is 0. The van der Waals surface area contributed by atoms with Gasteiger partial charge < -0.3 is 5.73 Å². The van der Waals surface area contributed by atoms with Crippen LogP contribution in [0.5, 0.6) is 0 Å². The third-order valence-corrected chi connectivity index (χ3v) is 1.97. The Balaban J connectivity index is 2.38. The molecule has 0 saturated heterocycles. The smallest absolute Gasteiger partial charge is 0.203 e. The van der Waals surface area contributed by atoms with E-state index in [1.807, 2.05) is 6.29 Å². The molecule has 0 amide bonds. The van der Waals surface area contributed by atoms with E-state index in [0.29, 0.717) is 0 Å². The Kier molecular flexibility index (Phi) is 2.22. The Labute approximate surface area is 55.4 Å². The summed E-state index contributed by atoms with van der Waals surface area (Å²) >= 11 is 0. The van der Waals surface area contributed by atoms with Crippen molar-refractivity contribution in [2.45, 2.75) is 31.7 Å². The van der Waals surface area contributed by atoms with E-state index in [0.717, 1.165) is 19.3 Å². The van der Waals surface area contributed by atoms with E-state index < -0.39 is 0 Å². The van der Waals surface area contributed by atoms with Crippen molar-refractivity contribution in [2.75, 3.05) is 0 Å².